The van der Waals surface area contributed by atoms with Crippen molar-refractivity contribution in [3.63, 3.8) is 0 Å². The Hall–Kier alpha value is -1.75. The molecule has 0 atom stereocenters. The summed E-state index contributed by atoms with van der Waals surface area (Å²) in [4.78, 5) is 14.2. The zero-order valence-electron chi connectivity index (χ0n) is 9.42. The number of aromatic hydroxyl groups is 1. The molecule has 0 aliphatic carbocycles. The molecule has 0 bridgehead atoms. The van der Waals surface area contributed by atoms with Gasteiger partial charge in [0.25, 0.3) is 0 Å². The number of anilines is 1. The quantitative estimate of drug-likeness (QED) is 0.812. The normalized spacial score (nSPS) is 10.4. The Morgan fingerprint density at radius 2 is 1.75 bits per heavy atom. The van der Waals surface area contributed by atoms with Crippen molar-refractivity contribution in [2.24, 2.45) is 0 Å². The van der Waals surface area contributed by atoms with Gasteiger partial charge in [-0.3, -0.25) is 4.90 Å². The molecule has 1 rings (SSSR count). The van der Waals surface area contributed by atoms with Crippen molar-refractivity contribution in [2.45, 2.75) is 0 Å². The van der Waals surface area contributed by atoms with Crippen LogP contribution in [0.25, 0.3) is 0 Å². The molecule has 1 amide bonds. The van der Waals surface area contributed by atoms with Gasteiger partial charge in [-0.05, 0) is 38.4 Å². The largest absolute Gasteiger partial charge is 0.508 e. The average molecular weight is 224 g/mol. The van der Waals surface area contributed by atoms with Crippen molar-refractivity contribution >= 4 is 11.8 Å². The molecule has 0 aliphatic heterocycles. The van der Waals surface area contributed by atoms with E-state index in [9.17, 15) is 4.79 Å². The van der Waals surface area contributed by atoms with Crippen molar-refractivity contribution in [2.75, 3.05) is 32.1 Å². The van der Waals surface area contributed by atoms with Gasteiger partial charge in [-0.25, -0.2) is 4.79 Å². The molecule has 0 radical (unpaired) electrons. The first-order valence-electron chi connectivity index (χ1n) is 4.95. The highest BCUT2D eigenvalue weighted by Gasteiger charge is 2.13. The van der Waals surface area contributed by atoms with E-state index >= 15 is 0 Å². The number of hydrogen-bond donors (Lipinski definition) is 2. The molecule has 2 N–H and O–H groups in total. The number of nitrogens with zero attached hydrogens (tertiary/aromatic N) is 2. The molecule has 0 unspecified atom stereocenters. The van der Waals surface area contributed by atoms with E-state index in [1.165, 1.54) is 17.0 Å². The van der Waals surface area contributed by atoms with E-state index in [0.29, 0.717) is 18.8 Å². The van der Waals surface area contributed by atoms with E-state index in [1.54, 1.807) is 12.1 Å². The lowest BCUT2D eigenvalue weighted by Gasteiger charge is -2.21. The monoisotopic (exact) mass is 224 g/mol. The van der Waals surface area contributed by atoms with Gasteiger partial charge in [-0.1, -0.05) is 0 Å². The van der Waals surface area contributed by atoms with Crippen LogP contribution < -0.4 is 4.90 Å². The summed E-state index contributed by atoms with van der Waals surface area (Å²) in [5.74, 6) is 0.127. The highest BCUT2D eigenvalue weighted by Crippen LogP contribution is 2.18. The maximum Gasteiger partial charge on any atom is 0.411 e. The highest BCUT2D eigenvalue weighted by molar-refractivity contribution is 5.86. The summed E-state index contributed by atoms with van der Waals surface area (Å²) in [5.41, 5.74) is 0.562. The van der Waals surface area contributed by atoms with Crippen molar-refractivity contribution < 1.29 is 15.0 Å². The van der Waals surface area contributed by atoms with Crippen LogP contribution in [0.4, 0.5) is 10.5 Å². The first-order valence-corrected chi connectivity index (χ1v) is 4.95. The Morgan fingerprint density at radius 3 is 2.19 bits per heavy atom. The summed E-state index contributed by atoms with van der Waals surface area (Å²) in [5, 5.41) is 18.2. The van der Waals surface area contributed by atoms with Crippen LogP contribution in [0.15, 0.2) is 24.3 Å². The van der Waals surface area contributed by atoms with Crippen LogP contribution in [0.2, 0.25) is 0 Å². The van der Waals surface area contributed by atoms with E-state index in [-0.39, 0.29) is 5.75 Å². The lowest BCUT2D eigenvalue weighted by molar-refractivity contribution is 0.201. The number of rotatable bonds is 4. The lowest BCUT2D eigenvalue weighted by atomic mass is 10.3. The molecule has 0 saturated heterocycles. The van der Waals surface area contributed by atoms with E-state index in [2.05, 4.69) is 0 Å². The van der Waals surface area contributed by atoms with Crippen molar-refractivity contribution in [3.05, 3.63) is 24.3 Å². The maximum absolute atomic E-state index is 11.0. The Kier molecular flexibility index (Phi) is 4.13. The molecule has 1 aromatic carbocycles. The fourth-order valence-corrected chi connectivity index (χ4v) is 1.27. The summed E-state index contributed by atoms with van der Waals surface area (Å²) < 4.78 is 0. The summed E-state index contributed by atoms with van der Waals surface area (Å²) in [6.07, 6.45) is -0.993. The predicted molar refractivity (Wildman–Crippen MR) is 62.0 cm³/mol. The van der Waals surface area contributed by atoms with Gasteiger partial charge in [0, 0.05) is 18.8 Å². The molecule has 88 valence electrons. The molecule has 0 heterocycles. The zero-order valence-corrected chi connectivity index (χ0v) is 9.42. The van der Waals surface area contributed by atoms with Crippen LogP contribution in [0.5, 0.6) is 5.75 Å². The summed E-state index contributed by atoms with van der Waals surface area (Å²) >= 11 is 0. The number of phenols is 1. The van der Waals surface area contributed by atoms with Gasteiger partial charge >= 0.3 is 6.09 Å². The minimum absolute atomic E-state index is 0.127. The molecule has 0 fully saturated rings. The first kappa shape index (κ1) is 12.3. The average Bonchev–Trinajstić information content (AvgIpc) is 2.20. The third-order valence-corrected chi connectivity index (χ3v) is 2.16. The molecule has 5 nitrogen and oxygen atoms in total. The Balaban J connectivity index is 2.77. The number of phenolic OH excluding ortho intramolecular Hbond substituents is 1. The number of likely N-dealkylation sites (N-methyl/N-ethyl adjacent to an activating group) is 1. The lowest BCUT2D eigenvalue weighted by Crippen LogP contribution is -2.35. The third kappa shape index (κ3) is 3.43. The van der Waals surface area contributed by atoms with Crippen molar-refractivity contribution in [1.82, 2.24) is 4.90 Å². The molecule has 0 aromatic heterocycles. The van der Waals surface area contributed by atoms with Crippen LogP contribution in [0.3, 0.4) is 0 Å². The molecule has 0 aliphatic rings. The van der Waals surface area contributed by atoms with Gasteiger partial charge in [-0.15, -0.1) is 0 Å². The molecule has 5 heteroatoms. The molecule has 1 aromatic rings. The third-order valence-electron chi connectivity index (χ3n) is 2.16. The Morgan fingerprint density at radius 1 is 1.19 bits per heavy atom. The van der Waals surface area contributed by atoms with Gasteiger partial charge < -0.3 is 15.1 Å². The smallest absolute Gasteiger partial charge is 0.411 e. The minimum Gasteiger partial charge on any atom is -0.508 e. The number of carbonyl (C=O) groups is 1. The SMILES string of the molecule is CN(C)CCN(C(=O)O)c1ccc(O)cc1. The van der Waals surface area contributed by atoms with Crippen LogP contribution in [0.1, 0.15) is 0 Å². The van der Waals surface area contributed by atoms with Crippen LogP contribution in [-0.2, 0) is 0 Å². The molecule has 0 spiro atoms. The highest BCUT2D eigenvalue weighted by atomic mass is 16.4. The Labute approximate surface area is 94.5 Å². The summed E-state index contributed by atoms with van der Waals surface area (Å²) in [6, 6.07) is 6.11. The first-order chi connectivity index (χ1) is 7.50. The van der Waals surface area contributed by atoms with Gasteiger partial charge in [-0.2, -0.15) is 0 Å². The van der Waals surface area contributed by atoms with Crippen LogP contribution in [-0.4, -0.2) is 48.4 Å². The second-order valence-electron chi connectivity index (χ2n) is 3.75. The zero-order chi connectivity index (χ0) is 12.1. The standard InChI is InChI=1S/C11H16N2O3/c1-12(2)7-8-13(11(15)16)9-3-5-10(14)6-4-9/h3-6,14H,7-8H2,1-2H3,(H,15,16). The fraction of sp³-hybridized carbons (Fsp3) is 0.364. The molecular formula is C11H16N2O3. The number of benzene rings is 1. The number of hydrogen-bond acceptors (Lipinski definition) is 3. The summed E-state index contributed by atoms with van der Waals surface area (Å²) in [6.45, 7) is 1.04. The fourth-order valence-electron chi connectivity index (χ4n) is 1.27. The Bertz CT molecular complexity index is 349. The molecule has 0 saturated carbocycles. The van der Waals surface area contributed by atoms with Crippen LogP contribution >= 0.6 is 0 Å². The predicted octanol–water partition coefficient (Wildman–Crippen LogP) is 1.44. The molecular weight excluding hydrogens is 208 g/mol. The molecule has 16 heavy (non-hydrogen) atoms. The van der Waals surface area contributed by atoms with E-state index in [1.807, 2.05) is 19.0 Å². The van der Waals surface area contributed by atoms with Gasteiger partial charge in [0.15, 0.2) is 0 Å². The van der Waals surface area contributed by atoms with Gasteiger partial charge in [0.1, 0.15) is 5.75 Å². The second-order valence-corrected chi connectivity index (χ2v) is 3.75. The topological polar surface area (TPSA) is 64.0 Å². The number of carboxylic acid groups (broad SMARTS) is 1. The van der Waals surface area contributed by atoms with Crippen molar-refractivity contribution in [1.29, 1.82) is 0 Å². The van der Waals surface area contributed by atoms with Crippen molar-refractivity contribution in [3.8, 4) is 5.75 Å². The maximum atomic E-state index is 11.0. The van der Waals surface area contributed by atoms with Gasteiger partial charge in [0.2, 0.25) is 0 Å². The van der Waals surface area contributed by atoms with E-state index < -0.39 is 6.09 Å². The van der Waals surface area contributed by atoms with Gasteiger partial charge in [0.05, 0.1) is 0 Å². The van der Waals surface area contributed by atoms with E-state index in [4.69, 9.17) is 10.2 Å². The summed E-state index contributed by atoms with van der Waals surface area (Å²) in [7, 11) is 3.77. The van der Waals surface area contributed by atoms with E-state index in [0.717, 1.165) is 0 Å². The second kappa shape index (κ2) is 5.37. The number of amides is 1. The van der Waals surface area contributed by atoms with Crippen LogP contribution in [0, 0.1) is 0 Å². The minimum atomic E-state index is -0.993.